The molecule has 0 saturated heterocycles. The van der Waals surface area contributed by atoms with Crippen LogP contribution in [0, 0.1) is 0 Å². The van der Waals surface area contributed by atoms with Crippen LogP contribution in [0.3, 0.4) is 0 Å². The van der Waals surface area contributed by atoms with Crippen LogP contribution in [0.5, 0.6) is 0 Å². The summed E-state index contributed by atoms with van der Waals surface area (Å²) in [6.45, 7) is 3.23. The number of rotatable bonds is 5. The Balaban J connectivity index is 2.52. The smallest absolute Gasteiger partial charge is 0.266 e. The number of amides is 1. The summed E-state index contributed by atoms with van der Waals surface area (Å²) in [6.07, 6.45) is 2.46. The Kier molecular flexibility index (Phi) is 4.73. The number of ether oxygens (including phenoxy) is 1. The van der Waals surface area contributed by atoms with Gasteiger partial charge >= 0.3 is 0 Å². The number of hydrogen-bond acceptors (Lipinski definition) is 4. The van der Waals surface area contributed by atoms with Crippen LogP contribution in [0.25, 0.3) is 0 Å². The third kappa shape index (κ3) is 3.65. The van der Waals surface area contributed by atoms with Crippen molar-refractivity contribution in [2.45, 2.75) is 20.0 Å². The highest BCUT2D eigenvalue weighted by molar-refractivity contribution is 5.93. The molecule has 15 heavy (non-hydrogen) atoms. The molecule has 0 aliphatic heterocycles. The molecule has 1 rings (SSSR count). The molecule has 82 valence electrons. The minimum absolute atomic E-state index is 0.344. The third-order valence-corrected chi connectivity index (χ3v) is 1.82. The van der Waals surface area contributed by atoms with Crippen LogP contribution in [-0.4, -0.2) is 17.5 Å². The first-order valence-corrected chi connectivity index (χ1v) is 4.81. The number of hydrogen-bond donors (Lipinski definition) is 2. The molecule has 5 heteroatoms. The topological polar surface area (TPSA) is 77.2 Å². The molecule has 0 aliphatic carbocycles. The first-order chi connectivity index (χ1) is 7.27. The molecule has 0 radical (unpaired) electrons. The molecule has 0 aliphatic rings. The predicted molar refractivity (Wildman–Crippen MR) is 55.8 cm³/mol. The number of carbonyl (C=O) groups excluding carboxylic acids is 1. The van der Waals surface area contributed by atoms with E-state index < -0.39 is 0 Å². The molecule has 0 saturated carbocycles. The van der Waals surface area contributed by atoms with E-state index >= 15 is 0 Å². The van der Waals surface area contributed by atoms with E-state index in [0.717, 1.165) is 12.1 Å². The summed E-state index contributed by atoms with van der Waals surface area (Å²) >= 11 is 0. The van der Waals surface area contributed by atoms with E-state index in [2.05, 4.69) is 4.98 Å². The van der Waals surface area contributed by atoms with Gasteiger partial charge in [0.2, 0.25) is 0 Å². The van der Waals surface area contributed by atoms with Crippen LogP contribution in [0.2, 0.25) is 0 Å². The molecule has 1 aromatic heterocycles. The highest BCUT2D eigenvalue weighted by atomic mass is 16.5. The molecule has 0 spiro atoms. The van der Waals surface area contributed by atoms with Crippen LogP contribution in [0.4, 0.5) is 0 Å². The Morgan fingerprint density at radius 2 is 2.40 bits per heavy atom. The molecule has 3 N–H and O–H groups in total. The molecule has 0 fully saturated rings. The minimum Gasteiger partial charge on any atom is -0.375 e. The number of aromatic nitrogens is 1. The largest absolute Gasteiger partial charge is 0.375 e. The Morgan fingerprint density at radius 1 is 1.60 bits per heavy atom. The molecular formula is C10H15N3O2. The van der Waals surface area contributed by atoms with Crippen molar-refractivity contribution in [3.63, 3.8) is 0 Å². The zero-order chi connectivity index (χ0) is 11.1. The Labute approximate surface area is 88.6 Å². The first kappa shape index (κ1) is 11.6. The fourth-order valence-corrected chi connectivity index (χ4v) is 1.05. The molecule has 0 aromatic carbocycles. The van der Waals surface area contributed by atoms with Crippen molar-refractivity contribution < 1.29 is 9.53 Å². The number of hydrazine groups is 1. The number of nitrogens with zero attached hydrogens (tertiary/aromatic N) is 1. The van der Waals surface area contributed by atoms with Crippen molar-refractivity contribution in [2.24, 2.45) is 5.84 Å². The quantitative estimate of drug-likeness (QED) is 0.322. The van der Waals surface area contributed by atoms with Crippen LogP contribution in [0.1, 0.15) is 29.4 Å². The van der Waals surface area contributed by atoms with Crippen LogP contribution in [0.15, 0.2) is 18.3 Å². The number of nitrogens with one attached hydrogen (secondary N) is 1. The lowest BCUT2D eigenvalue weighted by atomic mass is 10.2. The second-order valence-corrected chi connectivity index (χ2v) is 3.06. The molecule has 5 nitrogen and oxygen atoms in total. The predicted octanol–water partition coefficient (Wildman–Crippen LogP) is 0.612. The van der Waals surface area contributed by atoms with Gasteiger partial charge in [-0.1, -0.05) is 6.92 Å². The van der Waals surface area contributed by atoms with Gasteiger partial charge in [0.25, 0.3) is 5.91 Å². The first-order valence-electron chi connectivity index (χ1n) is 4.81. The Bertz CT molecular complexity index is 311. The highest BCUT2D eigenvalue weighted by Crippen LogP contribution is 2.01. The van der Waals surface area contributed by atoms with Crippen LogP contribution >= 0.6 is 0 Å². The molecule has 0 unspecified atom stereocenters. The second kappa shape index (κ2) is 6.10. The van der Waals surface area contributed by atoms with Crippen molar-refractivity contribution in [2.75, 3.05) is 6.61 Å². The van der Waals surface area contributed by atoms with Crippen molar-refractivity contribution in [3.05, 3.63) is 29.6 Å². The molecule has 1 aromatic rings. The van der Waals surface area contributed by atoms with E-state index in [9.17, 15) is 4.79 Å². The number of pyridine rings is 1. The van der Waals surface area contributed by atoms with Gasteiger partial charge in [0.1, 0.15) is 0 Å². The van der Waals surface area contributed by atoms with E-state index in [4.69, 9.17) is 10.6 Å². The number of nitrogen functional groups attached to an aromatic ring is 1. The highest BCUT2D eigenvalue weighted by Gasteiger charge is 2.03. The minimum atomic E-state index is -0.344. The monoisotopic (exact) mass is 209 g/mol. The maximum atomic E-state index is 11.1. The van der Waals surface area contributed by atoms with E-state index in [-0.39, 0.29) is 5.91 Å². The summed E-state index contributed by atoms with van der Waals surface area (Å²) in [5.74, 6) is 4.64. The van der Waals surface area contributed by atoms with Crippen molar-refractivity contribution in [3.8, 4) is 0 Å². The lowest BCUT2D eigenvalue weighted by Gasteiger charge is -2.03. The zero-order valence-corrected chi connectivity index (χ0v) is 8.69. The standard InChI is InChI=1S/C10H15N3O2/c1-2-5-15-7-9-4-3-8(6-12-9)10(14)13-11/h3-4,6H,2,5,7,11H2,1H3,(H,13,14). The molecular weight excluding hydrogens is 194 g/mol. The average Bonchev–Trinajstić information content (AvgIpc) is 2.29. The lowest BCUT2D eigenvalue weighted by Crippen LogP contribution is -2.30. The van der Waals surface area contributed by atoms with Gasteiger partial charge in [-0.3, -0.25) is 15.2 Å². The van der Waals surface area contributed by atoms with Crippen LogP contribution < -0.4 is 11.3 Å². The maximum Gasteiger partial charge on any atom is 0.266 e. The SMILES string of the molecule is CCCOCc1ccc(C(=O)NN)cn1. The molecule has 0 atom stereocenters. The van der Waals surface area contributed by atoms with Crippen molar-refractivity contribution in [1.29, 1.82) is 0 Å². The molecule has 1 heterocycles. The lowest BCUT2D eigenvalue weighted by molar-refractivity contribution is 0.0952. The van der Waals surface area contributed by atoms with Gasteiger partial charge in [0, 0.05) is 12.8 Å². The fraction of sp³-hybridized carbons (Fsp3) is 0.400. The van der Waals surface area contributed by atoms with Gasteiger partial charge in [-0.15, -0.1) is 0 Å². The van der Waals surface area contributed by atoms with Gasteiger partial charge in [0.05, 0.1) is 17.9 Å². The molecule has 0 bridgehead atoms. The van der Waals surface area contributed by atoms with E-state index in [1.165, 1.54) is 6.20 Å². The normalized spacial score (nSPS) is 10.0. The maximum absolute atomic E-state index is 11.1. The van der Waals surface area contributed by atoms with Gasteiger partial charge < -0.3 is 4.74 Å². The summed E-state index contributed by atoms with van der Waals surface area (Å²) in [7, 11) is 0. The molecule has 1 amide bonds. The third-order valence-electron chi connectivity index (χ3n) is 1.82. The van der Waals surface area contributed by atoms with Crippen molar-refractivity contribution >= 4 is 5.91 Å². The second-order valence-electron chi connectivity index (χ2n) is 3.06. The summed E-state index contributed by atoms with van der Waals surface area (Å²) < 4.78 is 5.31. The van der Waals surface area contributed by atoms with Crippen LogP contribution in [-0.2, 0) is 11.3 Å². The van der Waals surface area contributed by atoms with Gasteiger partial charge in [-0.2, -0.15) is 0 Å². The van der Waals surface area contributed by atoms with Gasteiger partial charge in [0.15, 0.2) is 0 Å². The summed E-state index contributed by atoms with van der Waals surface area (Å²) in [4.78, 5) is 15.2. The zero-order valence-electron chi connectivity index (χ0n) is 8.69. The number of nitrogens with two attached hydrogens (primary N) is 1. The summed E-state index contributed by atoms with van der Waals surface area (Å²) in [6, 6.07) is 3.42. The fourth-order valence-electron chi connectivity index (χ4n) is 1.05. The van der Waals surface area contributed by atoms with E-state index in [1.54, 1.807) is 12.1 Å². The van der Waals surface area contributed by atoms with Gasteiger partial charge in [-0.05, 0) is 18.6 Å². The van der Waals surface area contributed by atoms with E-state index in [0.29, 0.717) is 18.8 Å². The van der Waals surface area contributed by atoms with Gasteiger partial charge in [-0.25, -0.2) is 5.84 Å². The van der Waals surface area contributed by atoms with Crippen molar-refractivity contribution in [1.82, 2.24) is 10.4 Å². The average molecular weight is 209 g/mol. The summed E-state index contributed by atoms with van der Waals surface area (Å²) in [5, 5.41) is 0. The Morgan fingerprint density at radius 3 is 2.93 bits per heavy atom. The van der Waals surface area contributed by atoms with E-state index in [1.807, 2.05) is 12.3 Å². The summed E-state index contributed by atoms with van der Waals surface area (Å²) in [5.41, 5.74) is 3.29. The number of carbonyl (C=O) groups is 1. The Hall–Kier alpha value is -1.46.